The van der Waals surface area contributed by atoms with E-state index in [1.165, 1.54) is 0 Å². The molecule has 0 spiro atoms. The maximum atomic E-state index is 10.2. The van der Waals surface area contributed by atoms with Crippen LogP contribution in [0.25, 0.3) is 0 Å². The van der Waals surface area contributed by atoms with E-state index in [0.29, 0.717) is 11.5 Å². The van der Waals surface area contributed by atoms with E-state index in [0.717, 1.165) is 16.7 Å². The molecule has 1 N–H and O–H groups in total. The van der Waals surface area contributed by atoms with Crippen molar-refractivity contribution in [2.24, 2.45) is 0 Å². The number of hydrogen-bond donors (Lipinski definition) is 1. The zero-order valence-electron chi connectivity index (χ0n) is 11.8. The molecule has 1 aromatic carbocycles. The fraction of sp³-hybridized carbons (Fsp3) is 0.500. The van der Waals surface area contributed by atoms with Gasteiger partial charge in [-0.2, -0.15) is 0 Å². The summed E-state index contributed by atoms with van der Waals surface area (Å²) in [6.45, 7) is 12.2. The Labute approximate surface area is 105 Å². The van der Waals surface area contributed by atoms with Crippen molar-refractivity contribution >= 4 is 6.41 Å². The molecule has 0 aliphatic rings. The Balaban J connectivity index is 0. The van der Waals surface area contributed by atoms with Gasteiger partial charge in [0.1, 0.15) is 0 Å². The lowest BCUT2D eigenvalue weighted by Gasteiger charge is -2.11. The van der Waals surface area contributed by atoms with Crippen LogP contribution in [-0.2, 0) is 11.3 Å². The molecule has 3 heteroatoms. The highest BCUT2D eigenvalue weighted by Crippen LogP contribution is 2.11. The van der Waals surface area contributed by atoms with Crippen molar-refractivity contribution in [1.82, 2.24) is 5.06 Å². The van der Waals surface area contributed by atoms with Gasteiger partial charge in [0, 0.05) is 0 Å². The number of carbonyl (C=O) groups excluding carboxylic acids is 1. The minimum Gasteiger partial charge on any atom is -0.286 e. The number of amides is 1. The van der Waals surface area contributed by atoms with E-state index in [9.17, 15) is 4.79 Å². The average molecular weight is 239 g/mol. The van der Waals surface area contributed by atoms with Crippen molar-refractivity contribution in [3.63, 3.8) is 0 Å². The van der Waals surface area contributed by atoms with Crippen LogP contribution in [0.2, 0.25) is 0 Å². The Morgan fingerprint density at radius 2 is 1.71 bits per heavy atom. The minimum atomic E-state index is 0.247. The third-order valence-electron chi connectivity index (χ3n) is 1.96. The number of aryl methyl sites for hydroxylation is 2. The van der Waals surface area contributed by atoms with Gasteiger partial charge < -0.3 is 0 Å². The molecule has 98 valence electrons. The first-order valence-corrected chi connectivity index (χ1v) is 6.10. The number of carbonyl (C=O) groups is 1. The second-order valence-electron chi connectivity index (χ2n) is 3.13. The van der Waals surface area contributed by atoms with Crippen molar-refractivity contribution in [2.45, 2.75) is 48.1 Å². The topological polar surface area (TPSA) is 40.5 Å². The summed E-state index contributed by atoms with van der Waals surface area (Å²) in [5, 5.41) is 9.63. The molecule has 0 heterocycles. The van der Waals surface area contributed by atoms with Gasteiger partial charge in [0.25, 0.3) is 0 Å². The molecular formula is C14H25NO2. The molecule has 0 atom stereocenters. The second kappa shape index (κ2) is 11.1. The molecule has 0 unspecified atom stereocenters. The van der Waals surface area contributed by atoms with E-state index in [4.69, 9.17) is 5.21 Å². The fourth-order valence-electron chi connectivity index (χ4n) is 1.18. The number of hydroxylamine groups is 2. The van der Waals surface area contributed by atoms with Crippen LogP contribution in [0.1, 0.15) is 44.4 Å². The summed E-state index contributed by atoms with van der Waals surface area (Å²) in [7, 11) is 0. The van der Waals surface area contributed by atoms with Gasteiger partial charge in [-0.1, -0.05) is 51.5 Å². The Morgan fingerprint density at radius 1 is 1.18 bits per heavy atom. The third-order valence-corrected chi connectivity index (χ3v) is 1.96. The lowest BCUT2D eigenvalue weighted by Crippen LogP contribution is -2.16. The monoisotopic (exact) mass is 239 g/mol. The number of benzene rings is 1. The Bertz CT molecular complexity index is 311. The van der Waals surface area contributed by atoms with Gasteiger partial charge in [0.15, 0.2) is 0 Å². The molecule has 0 bridgehead atoms. The first kappa shape index (κ1) is 18.0. The lowest BCUT2D eigenvalue weighted by atomic mass is 10.1. The largest absolute Gasteiger partial charge is 0.286 e. The molecule has 1 amide bonds. The summed E-state index contributed by atoms with van der Waals surface area (Å²) in [4.78, 5) is 10.2. The van der Waals surface area contributed by atoms with E-state index in [2.05, 4.69) is 0 Å². The first-order valence-electron chi connectivity index (χ1n) is 6.10. The zero-order chi connectivity index (χ0) is 13.8. The summed E-state index contributed by atoms with van der Waals surface area (Å²) in [6, 6.07) is 5.94. The van der Waals surface area contributed by atoms with Gasteiger partial charge in [0.05, 0.1) is 6.54 Å². The summed E-state index contributed by atoms with van der Waals surface area (Å²) in [5.74, 6) is 0. The molecule has 1 rings (SSSR count). The Hall–Kier alpha value is -1.35. The third kappa shape index (κ3) is 7.53. The average Bonchev–Trinajstić information content (AvgIpc) is 2.38. The molecule has 0 radical (unpaired) electrons. The Kier molecular flexibility index (Phi) is 11.8. The van der Waals surface area contributed by atoms with Crippen molar-refractivity contribution in [3.05, 3.63) is 34.9 Å². The predicted octanol–water partition coefficient (Wildman–Crippen LogP) is 3.70. The molecule has 3 nitrogen and oxygen atoms in total. The van der Waals surface area contributed by atoms with Crippen LogP contribution < -0.4 is 0 Å². The quantitative estimate of drug-likeness (QED) is 0.496. The van der Waals surface area contributed by atoms with E-state index in [-0.39, 0.29) is 6.54 Å². The molecule has 0 fully saturated rings. The highest BCUT2D eigenvalue weighted by atomic mass is 16.5. The van der Waals surface area contributed by atoms with Crippen molar-refractivity contribution in [1.29, 1.82) is 0 Å². The lowest BCUT2D eigenvalue weighted by molar-refractivity contribution is -0.152. The molecule has 0 saturated heterocycles. The first-order chi connectivity index (χ1) is 8.13. The maximum absolute atomic E-state index is 10.2. The van der Waals surface area contributed by atoms with Crippen LogP contribution >= 0.6 is 0 Å². The van der Waals surface area contributed by atoms with E-state index in [1.54, 1.807) is 0 Å². The summed E-state index contributed by atoms with van der Waals surface area (Å²) in [6.07, 6.45) is 0.405. The van der Waals surface area contributed by atoms with E-state index < -0.39 is 0 Å². The normalized spacial score (nSPS) is 8.18. The summed E-state index contributed by atoms with van der Waals surface area (Å²) in [5.41, 5.74) is 3.17. The van der Waals surface area contributed by atoms with E-state index >= 15 is 0 Å². The molecule has 0 aromatic heterocycles. The van der Waals surface area contributed by atoms with Gasteiger partial charge in [-0.05, 0) is 25.0 Å². The predicted molar refractivity (Wildman–Crippen MR) is 72.0 cm³/mol. The highest BCUT2D eigenvalue weighted by Gasteiger charge is 2.02. The zero-order valence-corrected chi connectivity index (χ0v) is 11.8. The highest BCUT2D eigenvalue weighted by molar-refractivity contribution is 5.45. The molecule has 0 aliphatic carbocycles. The van der Waals surface area contributed by atoms with Crippen LogP contribution in [0.15, 0.2) is 18.2 Å². The van der Waals surface area contributed by atoms with Crippen LogP contribution in [0.3, 0.4) is 0 Å². The SMILES string of the molecule is CC.CC.Cc1ccc(C)c(CN(O)C=O)c1. The van der Waals surface area contributed by atoms with Gasteiger partial charge >= 0.3 is 0 Å². The molecule has 1 aromatic rings. The van der Waals surface area contributed by atoms with Gasteiger partial charge in [-0.25, -0.2) is 5.06 Å². The summed E-state index contributed by atoms with van der Waals surface area (Å²) < 4.78 is 0. The molecule has 17 heavy (non-hydrogen) atoms. The minimum absolute atomic E-state index is 0.247. The standard InChI is InChI=1S/C10H13NO2.2C2H6/c1-8-3-4-9(2)10(5-8)6-11(13)7-12;2*1-2/h3-5,7,13H,6H2,1-2H3;2*1-2H3. The van der Waals surface area contributed by atoms with Crippen LogP contribution in [0.5, 0.6) is 0 Å². The molecular weight excluding hydrogens is 214 g/mol. The smallest absolute Gasteiger partial charge is 0.233 e. The van der Waals surface area contributed by atoms with Crippen LogP contribution in [0.4, 0.5) is 0 Å². The molecule has 0 saturated carbocycles. The number of hydrogen-bond acceptors (Lipinski definition) is 2. The van der Waals surface area contributed by atoms with Gasteiger partial charge in [-0.15, -0.1) is 0 Å². The number of rotatable bonds is 3. The fourth-order valence-corrected chi connectivity index (χ4v) is 1.18. The Morgan fingerprint density at radius 3 is 2.18 bits per heavy atom. The maximum Gasteiger partial charge on any atom is 0.233 e. The van der Waals surface area contributed by atoms with Crippen LogP contribution in [-0.4, -0.2) is 16.7 Å². The van der Waals surface area contributed by atoms with Gasteiger partial charge in [0.2, 0.25) is 6.41 Å². The van der Waals surface area contributed by atoms with Gasteiger partial charge in [-0.3, -0.25) is 10.0 Å². The molecule has 0 aliphatic heterocycles. The second-order valence-corrected chi connectivity index (χ2v) is 3.13. The van der Waals surface area contributed by atoms with Crippen LogP contribution in [0, 0.1) is 13.8 Å². The van der Waals surface area contributed by atoms with E-state index in [1.807, 2.05) is 59.7 Å². The van der Waals surface area contributed by atoms with Crippen molar-refractivity contribution < 1.29 is 10.0 Å². The van der Waals surface area contributed by atoms with Crippen molar-refractivity contribution in [2.75, 3.05) is 0 Å². The summed E-state index contributed by atoms with van der Waals surface area (Å²) >= 11 is 0. The number of nitrogens with zero attached hydrogens (tertiary/aromatic N) is 1. The van der Waals surface area contributed by atoms with Crippen molar-refractivity contribution in [3.8, 4) is 0 Å².